The van der Waals surface area contributed by atoms with Crippen LogP contribution in [0.1, 0.15) is 44.2 Å². The van der Waals surface area contributed by atoms with Crippen molar-refractivity contribution in [1.29, 1.82) is 5.26 Å². The van der Waals surface area contributed by atoms with Crippen molar-refractivity contribution in [1.82, 2.24) is 14.7 Å². The third kappa shape index (κ3) is 2.86. The molecule has 4 nitrogen and oxygen atoms in total. The summed E-state index contributed by atoms with van der Waals surface area (Å²) in [5, 5.41) is 13.6. The first-order valence-electron chi connectivity index (χ1n) is 6.51. The molecule has 4 heteroatoms. The molecule has 1 aromatic heterocycles. The van der Waals surface area contributed by atoms with Crippen LogP contribution in [0.2, 0.25) is 0 Å². The maximum Gasteiger partial charge on any atom is 0.126 e. The molecule has 1 atom stereocenters. The van der Waals surface area contributed by atoms with Crippen molar-refractivity contribution in [3.63, 3.8) is 0 Å². The second-order valence-electron chi connectivity index (χ2n) is 4.61. The molecule has 92 valence electrons. The van der Waals surface area contributed by atoms with Gasteiger partial charge in [-0.3, -0.25) is 9.58 Å². The van der Waals surface area contributed by atoms with Crippen molar-refractivity contribution >= 4 is 0 Å². The van der Waals surface area contributed by atoms with E-state index in [1.54, 1.807) is 0 Å². The first-order valence-corrected chi connectivity index (χ1v) is 6.51. The Hall–Kier alpha value is -1.34. The van der Waals surface area contributed by atoms with E-state index in [2.05, 4.69) is 23.0 Å². The summed E-state index contributed by atoms with van der Waals surface area (Å²) in [5.74, 6) is 0. The predicted molar refractivity (Wildman–Crippen MR) is 66.3 cm³/mol. The standard InChI is InChI=1S/C13H20N4/c1-2-17-11-12(10-15-17)13(9-14)16-7-5-3-4-6-8-16/h10-11,13H,2-8H2,1H3. The second kappa shape index (κ2) is 5.83. The highest BCUT2D eigenvalue weighted by Gasteiger charge is 2.22. The number of likely N-dealkylation sites (tertiary alicyclic amines) is 1. The van der Waals surface area contributed by atoms with Crippen molar-refractivity contribution in [3.8, 4) is 6.07 Å². The maximum absolute atomic E-state index is 9.38. The number of nitriles is 1. The first kappa shape index (κ1) is 12.1. The monoisotopic (exact) mass is 232 g/mol. The molecule has 0 aliphatic carbocycles. The van der Waals surface area contributed by atoms with Gasteiger partial charge in [-0.2, -0.15) is 10.4 Å². The minimum atomic E-state index is -0.117. The van der Waals surface area contributed by atoms with Crippen LogP contribution in [0.4, 0.5) is 0 Å². The van der Waals surface area contributed by atoms with E-state index in [-0.39, 0.29) is 6.04 Å². The molecule has 0 spiro atoms. The van der Waals surface area contributed by atoms with Crippen molar-refractivity contribution in [2.75, 3.05) is 13.1 Å². The highest BCUT2D eigenvalue weighted by molar-refractivity contribution is 5.18. The number of aryl methyl sites for hydroxylation is 1. The average molecular weight is 232 g/mol. The molecule has 0 N–H and O–H groups in total. The van der Waals surface area contributed by atoms with E-state index in [0.717, 1.165) is 25.2 Å². The van der Waals surface area contributed by atoms with E-state index in [1.165, 1.54) is 25.7 Å². The van der Waals surface area contributed by atoms with E-state index in [9.17, 15) is 5.26 Å². The Kier molecular flexibility index (Phi) is 4.16. The van der Waals surface area contributed by atoms with E-state index >= 15 is 0 Å². The SMILES string of the molecule is CCn1cc(C(C#N)N2CCCCCC2)cn1. The van der Waals surface area contributed by atoms with Gasteiger partial charge in [0.15, 0.2) is 0 Å². The molecule has 1 fully saturated rings. The highest BCUT2D eigenvalue weighted by Crippen LogP contribution is 2.23. The fourth-order valence-electron chi connectivity index (χ4n) is 2.41. The van der Waals surface area contributed by atoms with Crippen LogP contribution in [0.3, 0.4) is 0 Å². The molecule has 1 aromatic rings. The Morgan fingerprint density at radius 3 is 2.59 bits per heavy atom. The number of nitrogens with zero attached hydrogens (tertiary/aromatic N) is 4. The van der Waals surface area contributed by atoms with E-state index in [0.29, 0.717) is 0 Å². The summed E-state index contributed by atoms with van der Waals surface area (Å²) in [4.78, 5) is 2.30. The van der Waals surface area contributed by atoms with Gasteiger partial charge in [-0.25, -0.2) is 0 Å². The predicted octanol–water partition coefficient (Wildman–Crippen LogP) is 2.34. The number of rotatable bonds is 3. The Morgan fingerprint density at radius 2 is 2.06 bits per heavy atom. The van der Waals surface area contributed by atoms with Gasteiger partial charge in [0.1, 0.15) is 6.04 Å². The van der Waals surface area contributed by atoms with Gasteiger partial charge in [-0.15, -0.1) is 0 Å². The third-order valence-corrected chi connectivity index (χ3v) is 3.42. The van der Waals surface area contributed by atoms with Gasteiger partial charge in [0, 0.05) is 18.3 Å². The van der Waals surface area contributed by atoms with Crippen LogP contribution in [0.5, 0.6) is 0 Å². The van der Waals surface area contributed by atoms with Crippen LogP contribution in [-0.2, 0) is 6.54 Å². The van der Waals surface area contributed by atoms with Crippen molar-refractivity contribution in [3.05, 3.63) is 18.0 Å². The van der Waals surface area contributed by atoms with Gasteiger partial charge in [-0.1, -0.05) is 12.8 Å². The summed E-state index contributed by atoms with van der Waals surface area (Å²) in [6.45, 7) is 4.99. The third-order valence-electron chi connectivity index (χ3n) is 3.42. The lowest BCUT2D eigenvalue weighted by Crippen LogP contribution is -2.28. The molecular formula is C13H20N4. The maximum atomic E-state index is 9.38. The second-order valence-corrected chi connectivity index (χ2v) is 4.61. The Bertz CT molecular complexity index is 382. The van der Waals surface area contributed by atoms with Crippen LogP contribution in [0.15, 0.2) is 12.4 Å². The van der Waals surface area contributed by atoms with Crippen LogP contribution in [0.25, 0.3) is 0 Å². The molecule has 0 saturated carbocycles. The van der Waals surface area contributed by atoms with Gasteiger partial charge in [0.05, 0.1) is 12.3 Å². The summed E-state index contributed by atoms with van der Waals surface area (Å²) in [6.07, 6.45) is 8.84. The molecule has 1 aliphatic heterocycles. The summed E-state index contributed by atoms with van der Waals surface area (Å²) in [7, 11) is 0. The Labute approximate surface area is 103 Å². The molecule has 1 aliphatic rings. The molecule has 1 saturated heterocycles. The summed E-state index contributed by atoms with van der Waals surface area (Å²) >= 11 is 0. The number of hydrogen-bond acceptors (Lipinski definition) is 3. The molecule has 2 rings (SSSR count). The molecule has 0 amide bonds. The highest BCUT2D eigenvalue weighted by atomic mass is 15.3. The summed E-state index contributed by atoms with van der Waals surface area (Å²) < 4.78 is 1.89. The van der Waals surface area contributed by atoms with Crippen LogP contribution in [-0.4, -0.2) is 27.8 Å². The lowest BCUT2D eigenvalue weighted by Gasteiger charge is -2.24. The largest absolute Gasteiger partial charge is 0.284 e. The van der Waals surface area contributed by atoms with Crippen molar-refractivity contribution in [2.45, 2.75) is 45.2 Å². The minimum absolute atomic E-state index is 0.117. The molecule has 17 heavy (non-hydrogen) atoms. The van der Waals surface area contributed by atoms with E-state index in [4.69, 9.17) is 0 Å². The minimum Gasteiger partial charge on any atom is -0.284 e. The van der Waals surface area contributed by atoms with Crippen molar-refractivity contribution in [2.24, 2.45) is 0 Å². The zero-order valence-electron chi connectivity index (χ0n) is 10.5. The van der Waals surface area contributed by atoms with Gasteiger partial charge < -0.3 is 0 Å². The summed E-state index contributed by atoms with van der Waals surface area (Å²) in [5.41, 5.74) is 1.04. The van der Waals surface area contributed by atoms with Crippen molar-refractivity contribution < 1.29 is 0 Å². The zero-order chi connectivity index (χ0) is 12.1. The quantitative estimate of drug-likeness (QED) is 0.803. The van der Waals surface area contributed by atoms with Gasteiger partial charge >= 0.3 is 0 Å². The van der Waals surface area contributed by atoms with E-state index < -0.39 is 0 Å². The number of hydrogen-bond donors (Lipinski definition) is 0. The van der Waals surface area contributed by atoms with Gasteiger partial charge in [0.25, 0.3) is 0 Å². The molecule has 2 heterocycles. The lowest BCUT2D eigenvalue weighted by molar-refractivity contribution is 0.245. The zero-order valence-corrected chi connectivity index (χ0v) is 10.5. The van der Waals surface area contributed by atoms with Crippen LogP contribution < -0.4 is 0 Å². The van der Waals surface area contributed by atoms with Crippen LogP contribution in [0, 0.1) is 11.3 Å². The Morgan fingerprint density at radius 1 is 1.35 bits per heavy atom. The number of aromatic nitrogens is 2. The fraction of sp³-hybridized carbons (Fsp3) is 0.692. The average Bonchev–Trinajstić information content (AvgIpc) is 2.66. The molecular weight excluding hydrogens is 212 g/mol. The molecule has 0 aromatic carbocycles. The van der Waals surface area contributed by atoms with Crippen LogP contribution >= 0.6 is 0 Å². The fourth-order valence-corrected chi connectivity index (χ4v) is 2.41. The molecule has 1 unspecified atom stereocenters. The molecule has 0 bridgehead atoms. The first-order chi connectivity index (χ1) is 8.35. The smallest absolute Gasteiger partial charge is 0.126 e. The van der Waals surface area contributed by atoms with E-state index in [1.807, 2.05) is 17.1 Å². The van der Waals surface area contributed by atoms with Gasteiger partial charge in [0.2, 0.25) is 0 Å². The molecule has 0 radical (unpaired) electrons. The summed E-state index contributed by atoms with van der Waals surface area (Å²) in [6, 6.07) is 2.31. The lowest BCUT2D eigenvalue weighted by atomic mass is 10.1. The topological polar surface area (TPSA) is 44.9 Å². The van der Waals surface area contributed by atoms with Gasteiger partial charge in [-0.05, 0) is 32.9 Å². The normalized spacial score (nSPS) is 19.5. The Balaban J connectivity index is 2.11.